The Morgan fingerprint density at radius 2 is 1.92 bits per heavy atom. The molecular formula is C15H10F3N3O4. The van der Waals surface area contributed by atoms with E-state index in [2.05, 4.69) is 10.5 Å². The van der Waals surface area contributed by atoms with Gasteiger partial charge >= 0.3 is 6.18 Å². The summed E-state index contributed by atoms with van der Waals surface area (Å²) in [7, 11) is 0. The summed E-state index contributed by atoms with van der Waals surface area (Å²) in [6, 6.07) is 7.15. The molecule has 0 saturated heterocycles. The number of ether oxygens (including phenoxy) is 2. The number of nitro groups is 1. The molecule has 1 aliphatic heterocycles. The molecule has 0 aromatic heterocycles. The van der Waals surface area contributed by atoms with Crippen LogP contribution < -0.4 is 14.9 Å². The van der Waals surface area contributed by atoms with Crippen LogP contribution in [-0.4, -0.2) is 17.9 Å². The number of rotatable bonds is 4. The minimum absolute atomic E-state index is 0.117. The predicted octanol–water partition coefficient (Wildman–Crippen LogP) is 3.79. The summed E-state index contributed by atoms with van der Waals surface area (Å²) < 4.78 is 48.3. The van der Waals surface area contributed by atoms with Gasteiger partial charge in [0.1, 0.15) is 5.69 Å². The molecule has 3 rings (SSSR count). The average Bonchev–Trinajstić information content (AvgIpc) is 3.01. The fourth-order valence-corrected chi connectivity index (χ4v) is 2.12. The summed E-state index contributed by atoms with van der Waals surface area (Å²) in [5.74, 6) is 1.12. The summed E-state index contributed by atoms with van der Waals surface area (Å²) in [6.45, 7) is 0.117. The number of fused-ring (bicyclic) bond motifs is 1. The Kier molecular flexibility index (Phi) is 4.17. The van der Waals surface area contributed by atoms with Crippen molar-refractivity contribution in [2.24, 2.45) is 5.10 Å². The fraction of sp³-hybridized carbons (Fsp3) is 0.133. The molecule has 1 heterocycles. The second kappa shape index (κ2) is 6.30. The van der Waals surface area contributed by atoms with E-state index in [4.69, 9.17) is 9.47 Å². The minimum atomic E-state index is -4.67. The van der Waals surface area contributed by atoms with Crippen molar-refractivity contribution in [2.45, 2.75) is 6.18 Å². The van der Waals surface area contributed by atoms with Crippen LogP contribution in [-0.2, 0) is 6.18 Å². The van der Waals surface area contributed by atoms with Crippen LogP contribution in [0.2, 0.25) is 0 Å². The summed E-state index contributed by atoms with van der Waals surface area (Å²) in [4.78, 5) is 10.1. The maximum Gasteiger partial charge on any atom is 0.416 e. The monoisotopic (exact) mass is 353 g/mol. The highest BCUT2D eigenvalue weighted by Crippen LogP contribution is 2.35. The number of nitrogens with one attached hydrogen (secondary N) is 1. The van der Waals surface area contributed by atoms with Gasteiger partial charge in [-0.3, -0.25) is 15.5 Å². The van der Waals surface area contributed by atoms with Crippen LogP contribution in [0.1, 0.15) is 11.1 Å². The number of hydrogen-bond donors (Lipinski definition) is 1. The maximum atomic E-state index is 12.7. The molecule has 25 heavy (non-hydrogen) atoms. The molecule has 2 aromatic rings. The molecule has 0 aliphatic carbocycles. The Morgan fingerprint density at radius 3 is 2.64 bits per heavy atom. The zero-order valence-corrected chi connectivity index (χ0v) is 12.4. The predicted molar refractivity (Wildman–Crippen MR) is 81.9 cm³/mol. The Bertz CT molecular complexity index is 852. The molecule has 0 fully saturated rings. The van der Waals surface area contributed by atoms with E-state index in [1.807, 2.05) is 0 Å². The van der Waals surface area contributed by atoms with E-state index in [1.165, 1.54) is 6.21 Å². The lowest BCUT2D eigenvalue weighted by atomic mass is 10.1. The molecule has 0 unspecified atom stereocenters. The Labute approximate surface area is 138 Å². The van der Waals surface area contributed by atoms with Crippen molar-refractivity contribution in [3.05, 3.63) is 57.6 Å². The van der Waals surface area contributed by atoms with E-state index < -0.39 is 22.4 Å². The molecule has 1 aliphatic rings. The van der Waals surface area contributed by atoms with Crippen molar-refractivity contribution in [3.63, 3.8) is 0 Å². The molecule has 0 atom stereocenters. The van der Waals surface area contributed by atoms with E-state index >= 15 is 0 Å². The molecule has 7 nitrogen and oxygen atoms in total. The van der Waals surface area contributed by atoms with Crippen LogP contribution in [0.5, 0.6) is 11.5 Å². The molecule has 2 aromatic carbocycles. The van der Waals surface area contributed by atoms with Crippen molar-refractivity contribution < 1.29 is 27.6 Å². The lowest BCUT2D eigenvalue weighted by Gasteiger charge is -2.08. The normalized spacial score (nSPS) is 13.2. The third kappa shape index (κ3) is 3.62. The van der Waals surface area contributed by atoms with Gasteiger partial charge in [0.05, 0.1) is 16.7 Å². The van der Waals surface area contributed by atoms with E-state index in [1.54, 1.807) is 18.2 Å². The largest absolute Gasteiger partial charge is 0.454 e. The number of halogens is 3. The van der Waals surface area contributed by atoms with Gasteiger partial charge in [-0.2, -0.15) is 18.3 Å². The molecule has 0 bridgehead atoms. The third-order valence-electron chi connectivity index (χ3n) is 3.32. The summed E-state index contributed by atoms with van der Waals surface area (Å²) in [6.07, 6.45) is -3.32. The zero-order valence-electron chi connectivity index (χ0n) is 12.4. The quantitative estimate of drug-likeness (QED) is 0.513. The number of hydrazone groups is 1. The number of alkyl halides is 3. The van der Waals surface area contributed by atoms with Crippen molar-refractivity contribution in [1.82, 2.24) is 0 Å². The smallest absolute Gasteiger partial charge is 0.416 e. The Balaban J connectivity index is 1.79. The topological polar surface area (TPSA) is 86.0 Å². The lowest BCUT2D eigenvalue weighted by Crippen LogP contribution is -2.06. The van der Waals surface area contributed by atoms with Crippen LogP contribution in [0.25, 0.3) is 0 Å². The number of nitro benzene ring substituents is 1. The fourth-order valence-electron chi connectivity index (χ4n) is 2.12. The van der Waals surface area contributed by atoms with Crippen molar-refractivity contribution in [3.8, 4) is 11.5 Å². The van der Waals surface area contributed by atoms with Crippen LogP contribution in [0.3, 0.4) is 0 Å². The first kappa shape index (κ1) is 16.6. The molecule has 0 spiro atoms. The van der Waals surface area contributed by atoms with Gasteiger partial charge in [0.25, 0.3) is 5.69 Å². The van der Waals surface area contributed by atoms with Gasteiger partial charge in [-0.15, -0.1) is 0 Å². The molecular weight excluding hydrogens is 343 g/mol. The zero-order chi connectivity index (χ0) is 18.0. The number of nitrogens with zero attached hydrogens (tertiary/aromatic N) is 2. The number of anilines is 1. The Morgan fingerprint density at radius 1 is 1.16 bits per heavy atom. The standard InChI is InChI=1S/C15H10F3N3O4/c16-15(17,18)10-2-3-11(12(6-10)21(22)23)20-19-7-9-1-4-13-14(5-9)25-8-24-13/h1-7,20H,8H2/b19-7+. The van der Waals surface area contributed by atoms with Gasteiger partial charge in [-0.1, -0.05) is 0 Å². The first-order chi connectivity index (χ1) is 11.8. The van der Waals surface area contributed by atoms with Crippen molar-refractivity contribution >= 4 is 17.6 Å². The Hall–Kier alpha value is -3.30. The number of hydrogen-bond acceptors (Lipinski definition) is 6. The first-order valence-electron chi connectivity index (χ1n) is 6.89. The van der Waals surface area contributed by atoms with E-state index in [-0.39, 0.29) is 12.5 Å². The van der Waals surface area contributed by atoms with Gasteiger partial charge in [-0.05, 0) is 35.9 Å². The SMILES string of the molecule is O=[N+]([O-])c1cc(C(F)(F)F)ccc1N/N=C/c1ccc2c(c1)OCO2. The van der Waals surface area contributed by atoms with Gasteiger partial charge in [0.15, 0.2) is 11.5 Å². The molecule has 130 valence electrons. The number of benzene rings is 2. The van der Waals surface area contributed by atoms with Gasteiger partial charge in [-0.25, -0.2) is 0 Å². The second-order valence-electron chi connectivity index (χ2n) is 4.97. The summed E-state index contributed by atoms with van der Waals surface area (Å²) in [5.41, 5.74) is 1.01. The van der Waals surface area contributed by atoms with Gasteiger partial charge in [0, 0.05) is 6.07 Å². The van der Waals surface area contributed by atoms with Crippen LogP contribution in [0, 0.1) is 10.1 Å². The molecule has 0 amide bonds. The average molecular weight is 353 g/mol. The molecule has 0 saturated carbocycles. The highest BCUT2D eigenvalue weighted by molar-refractivity contribution is 5.82. The lowest BCUT2D eigenvalue weighted by molar-refractivity contribution is -0.384. The molecule has 10 heteroatoms. The van der Waals surface area contributed by atoms with Crippen molar-refractivity contribution in [1.29, 1.82) is 0 Å². The highest BCUT2D eigenvalue weighted by Gasteiger charge is 2.33. The second-order valence-corrected chi connectivity index (χ2v) is 4.97. The van der Waals surface area contributed by atoms with E-state index in [0.29, 0.717) is 23.1 Å². The van der Waals surface area contributed by atoms with E-state index in [9.17, 15) is 23.3 Å². The van der Waals surface area contributed by atoms with E-state index in [0.717, 1.165) is 12.1 Å². The van der Waals surface area contributed by atoms with Crippen molar-refractivity contribution in [2.75, 3.05) is 12.2 Å². The van der Waals surface area contributed by atoms with Gasteiger partial charge < -0.3 is 9.47 Å². The van der Waals surface area contributed by atoms with Crippen LogP contribution in [0.15, 0.2) is 41.5 Å². The summed E-state index contributed by atoms with van der Waals surface area (Å²) >= 11 is 0. The van der Waals surface area contributed by atoms with Crippen LogP contribution in [0.4, 0.5) is 24.5 Å². The third-order valence-corrected chi connectivity index (χ3v) is 3.32. The maximum absolute atomic E-state index is 12.7. The minimum Gasteiger partial charge on any atom is -0.454 e. The summed E-state index contributed by atoms with van der Waals surface area (Å²) in [5, 5.41) is 14.8. The highest BCUT2D eigenvalue weighted by atomic mass is 19.4. The molecule has 1 N–H and O–H groups in total. The molecule has 0 radical (unpaired) electrons. The van der Waals surface area contributed by atoms with Gasteiger partial charge in [0.2, 0.25) is 6.79 Å². The first-order valence-corrected chi connectivity index (χ1v) is 6.89. The van der Waals surface area contributed by atoms with Crippen LogP contribution >= 0.6 is 0 Å².